The van der Waals surface area contributed by atoms with Crippen molar-refractivity contribution in [3.05, 3.63) is 77.5 Å². The molecule has 0 saturated carbocycles. The predicted octanol–water partition coefficient (Wildman–Crippen LogP) is 8.21. The van der Waals surface area contributed by atoms with E-state index in [-0.39, 0.29) is 0 Å². The molecule has 3 rings (SSSR count). The van der Waals surface area contributed by atoms with E-state index in [9.17, 15) is 25.2 Å². The molecule has 0 radical (unpaired) electrons. The molecule has 2 aromatic carbocycles. The summed E-state index contributed by atoms with van der Waals surface area (Å²) >= 11 is 0. The molecule has 0 aliphatic rings. The summed E-state index contributed by atoms with van der Waals surface area (Å²) in [5, 5.41) is 1.41. The first-order valence-corrected chi connectivity index (χ1v) is 11.3. The Kier molecular flexibility index (Phi) is 6.34. The summed E-state index contributed by atoms with van der Waals surface area (Å²) < 4.78 is 61.6. The van der Waals surface area contributed by atoms with Gasteiger partial charge in [-0.3, -0.25) is 0 Å². The Bertz CT molecular complexity index is 958. The fourth-order valence-corrected chi connectivity index (χ4v) is 3.01. The van der Waals surface area contributed by atoms with Crippen molar-refractivity contribution in [2.24, 2.45) is 0 Å². The topological polar surface area (TPSA) is 3.88 Å². The Morgan fingerprint density at radius 3 is 2.07 bits per heavy atom. The second-order valence-electron chi connectivity index (χ2n) is 7.04. The van der Waals surface area contributed by atoms with Gasteiger partial charge in [-0.25, -0.2) is 0 Å². The minimum atomic E-state index is -10.7. The molecule has 0 aliphatic carbocycles. The first-order valence-electron chi connectivity index (χ1n) is 9.25. The number of halogens is 6. The molecule has 0 spiro atoms. The second-order valence-corrected chi connectivity index (χ2v) is 8.95. The fraction of sp³-hybridized carbons (Fsp3) is 0.286. The summed E-state index contributed by atoms with van der Waals surface area (Å²) in [4.78, 5) is 0. The van der Waals surface area contributed by atoms with Gasteiger partial charge in [0.1, 0.15) is 0 Å². The van der Waals surface area contributed by atoms with Crippen LogP contribution in [0.15, 0.2) is 60.8 Å². The van der Waals surface area contributed by atoms with Gasteiger partial charge in [0.2, 0.25) is 5.52 Å². The second kappa shape index (κ2) is 7.94. The van der Waals surface area contributed by atoms with Gasteiger partial charge in [-0.15, -0.1) is 0 Å². The Balaban J connectivity index is 0.000000370. The summed E-state index contributed by atoms with van der Waals surface area (Å²) in [6.07, 6.45) is 5.91. The molecule has 0 amide bonds. The summed E-state index contributed by atoms with van der Waals surface area (Å²) in [5.74, 6) is 0. The molecule has 1 nitrogen and oxygen atoms in total. The van der Waals surface area contributed by atoms with Crippen LogP contribution < -0.4 is 4.57 Å². The van der Waals surface area contributed by atoms with E-state index in [1.165, 1.54) is 46.9 Å². The molecule has 0 aliphatic heterocycles. The maximum absolute atomic E-state index is 10.7. The number of hydrogen-bond acceptors (Lipinski definition) is 0. The molecular weight excluding hydrogens is 411 g/mol. The van der Waals surface area contributed by atoms with E-state index in [0.29, 0.717) is 0 Å². The number of aryl methyl sites for hydroxylation is 2. The third kappa shape index (κ3) is 9.27. The van der Waals surface area contributed by atoms with E-state index < -0.39 is 7.81 Å². The molecule has 1 heterocycles. The van der Waals surface area contributed by atoms with Crippen molar-refractivity contribution in [3.63, 3.8) is 0 Å². The van der Waals surface area contributed by atoms with Crippen LogP contribution in [0.1, 0.15) is 36.5 Å². The van der Waals surface area contributed by atoms with Gasteiger partial charge in [-0.05, 0) is 31.4 Å². The van der Waals surface area contributed by atoms with Crippen LogP contribution in [0.25, 0.3) is 10.9 Å². The van der Waals surface area contributed by atoms with E-state index >= 15 is 0 Å². The summed E-state index contributed by atoms with van der Waals surface area (Å²) in [6.45, 7) is 5.36. The monoisotopic (exact) mass is 435 g/mol. The minimum absolute atomic E-state index is 0.925. The predicted molar refractivity (Wildman–Crippen MR) is 107 cm³/mol. The standard InChI is InChI=1S/C21H24N.F6P/c1-3-4-10-19-13-14-22(16-18-8-6-5-7-9-18)21-12-11-17(2)15-20(19)21;1-7(2,3,4,5)6/h5-9,11-15H,3-4,10,16H2,1-2H3;/q+1;-1. The Labute approximate surface area is 166 Å². The van der Waals surface area contributed by atoms with Crippen LogP contribution in [0.2, 0.25) is 0 Å². The van der Waals surface area contributed by atoms with E-state index in [1.54, 1.807) is 0 Å². The van der Waals surface area contributed by atoms with Gasteiger partial charge in [0.05, 0.1) is 0 Å². The normalized spacial score (nSPS) is 13.9. The average molecular weight is 435 g/mol. The molecule has 160 valence electrons. The van der Waals surface area contributed by atoms with E-state index in [0.717, 1.165) is 6.54 Å². The van der Waals surface area contributed by atoms with Gasteiger partial charge in [-0.1, -0.05) is 55.3 Å². The number of benzene rings is 2. The van der Waals surface area contributed by atoms with Crippen LogP contribution >= 0.6 is 7.81 Å². The van der Waals surface area contributed by atoms with Crippen LogP contribution in [-0.4, -0.2) is 0 Å². The van der Waals surface area contributed by atoms with Gasteiger partial charge < -0.3 is 0 Å². The molecule has 0 N–H and O–H groups in total. The van der Waals surface area contributed by atoms with Gasteiger partial charge in [0.25, 0.3) is 0 Å². The van der Waals surface area contributed by atoms with E-state index in [4.69, 9.17) is 0 Å². The number of rotatable bonds is 5. The number of unbranched alkanes of at least 4 members (excludes halogenated alkanes) is 1. The van der Waals surface area contributed by atoms with Crippen molar-refractivity contribution in [1.29, 1.82) is 0 Å². The zero-order valence-corrected chi connectivity index (χ0v) is 17.2. The molecule has 0 atom stereocenters. The zero-order chi connectivity index (χ0) is 21.8. The van der Waals surface area contributed by atoms with Crippen molar-refractivity contribution in [1.82, 2.24) is 0 Å². The van der Waals surface area contributed by atoms with Crippen molar-refractivity contribution < 1.29 is 29.7 Å². The number of pyridine rings is 1. The number of fused-ring (bicyclic) bond motifs is 1. The quantitative estimate of drug-likeness (QED) is 0.216. The van der Waals surface area contributed by atoms with Crippen LogP contribution in [-0.2, 0) is 13.0 Å². The molecule has 29 heavy (non-hydrogen) atoms. The molecule has 3 aromatic rings. The maximum atomic E-state index is 9.87. The first-order chi connectivity index (χ1) is 13.2. The molecule has 0 fully saturated rings. The van der Waals surface area contributed by atoms with E-state index in [2.05, 4.69) is 79.2 Å². The van der Waals surface area contributed by atoms with Crippen molar-refractivity contribution in [3.8, 4) is 0 Å². The Morgan fingerprint density at radius 1 is 0.862 bits per heavy atom. The van der Waals surface area contributed by atoms with Gasteiger partial charge in [0.15, 0.2) is 12.7 Å². The van der Waals surface area contributed by atoms with E-state index in [1.807, 2.05) is 0 Å². The average Bonchev–Trinajstić information content (AvgIpc) is 2.59. The molecule has 0 saturated heterocycles. The number of nitrogens with zero attached hydrogens (tertiary/aromatic N) is 1. The Hall–Kier alpha value is -2.14. The SMILES string of the molecule is CCCCc1cc[n+](Cc2ccccc2)c2ccc(C)cc12.F[P-](F)(F)(F)(F)F. The molecule has 1 aromatic heterocycles. The summed E-state index contributed by atoms with van der Waals surface area (Å²) in [6, 6.07) is 19.8. The molecule has 0 unspecified atom stereocenters. The van der Waals surface area contributed by atoms with Crippen LogP contribution in [0.3, 0.4) is 0 Å². The first kappa shape index (κ1) is 23.1. The molecule has 0 bridgehead atoms. The van der Waals surface area contributed by atoms with Crippen LogP contribution in [0, 0.1) is 6.92 Å². The van der Waals surface area contributed by atoms with Crippen molar-refractivity contribution in [2.75, 3.05) is 0 Å². The van der Waals surface area contributed by atoms with Crippen molar-refractivity contribution in [2.45, 2.75) is 39.7 Å². The Morgan fingerprint density at radius 2 is 1.48 bits per heavy atom. The summed E-state index contributed by atoms with van der Waals surface area (Å²) in [7, 11) is -10.7. The third-order valence-electron chi connectivity index (χ3n) is 4.26. The van der Waals surface area contributed by atoms with Crippen molar-refractivity contribution >= 4 is 18.7 Å². The van der Waals surface area contributed by atoms with Gasteiger partial charge in [0, 0.05) is 23.1 Å². The van der Waals surface area contributed by atoms with Crippen LogP contribution in [0.4, 0.5) is 25.2 Å². The number of aromatic nitrogens is 1. The van der Waals surface area contributed by atoms with Gasteiger partial charge >= 0.3 is 33.0 Å². The summed E-state index contributed by atoms with van der Waals surface area (Å²) in [5.41, 5.74) is 5.49. The zero-order valence-electron chi connectivity index (χ0n) is 16.3. The van der Waals surface area contributed by atoms with Crippen LogP contribution in [0.5, 0.6) is 0 Å². The number of hydrogen-bond donors (Lipinski definition) is 0. The molecular formula is C21H24F6NP. The fourth-order valence-electron chi connectivity index (χ4n) is 3.01. The van der Waals surface area contributed by atoms with Gasteiger partial charge in [-0.2, -0.15) is 4.57 Å². The molecule has 8 heteroatoms. The third-order valence-corrected chi connectivity index (χ3v) is 4.26.